The smallest absolute Gasteiger partial charge is 0.325 e. The maximum absolute atomic E-state index is 14.0. The van der Waals surface area contributed by atoms with Crippen LogP contribution in [0.5, 0.6) is 5.75 Å². The van der Waals surface area contributed by atoms with Gasteiger partial charge in [0.05, 0.1) is 7.11 Å². The normalized spacial score (nSPS) is 17.4. The Balaban J connectivity index is 1.68. The molecule has 1 aliphatic heterocycles. The van der Waals surface area contributed by atoms with Crippen LogP contribution in [-0.2, 0) is 11.3 Å². The summed E-state index contributed by atoms with van der Waals surface area (Å²) in [6, 6.07) is 5.63. The van der Waals surface area contributed by atoms with Crippen LogP contribution in [0.15, 0.2) is 35.0 Å². The van der Waals surface area contributed by atoms with Gasteiger partial charge in [-0.05, 0) is 40.1 Å². The van der Waals surface area contributed by atoms with Gasteiger partial charge in [0, 0.05) is 32.7 Å². The molecule has 0 unspecified atom stereocenters. The summed E-state index contributed by atoms with van der Waals surface area (Å²) in [5.41, 5.74) is 1.72. The van der Waals surface area contributed by atoms with Crippen molar-refractivity contribution in [3.63, 3.8) is 0 Å². The maximum atomic E-state index is 14.0. The van der Waals surface area contributed by atoms with Gasteiger partial charge in [-0.2, -0.15) is 11.3 Å². The number of hydrogen-bond donors (Lipinski definition) is 1. The number of hydrogen-bond acceptors (Lipinski definition) is 5. The number of piperazine rings is 1. The average molecular weight is 364 g/mol. The molecule has 134 valence electrons. The number of carbonyl (C=O) groups is 1. The Hall–Kier alpha value is -1.96. The van der Waals surface area contributed by atoms with Crippen LogP contribution >= 0.6 is 11.3 Å². The lowest BCUT2D eigenvalue weighted by Crippen LogP contribution is -2.48. The van der Waals surface area contributed by atoms with Gasteiger partial charge in [0.15, 0.2) is 11.6 Å². The molecule has 0 saturated carbocycles. The van der Waals surface area contributed by atoms with Crippen molar-refractivity contribution in [1.29, 1.82) is 0 Å². The summed E-state index contributed by atoms with van der Waals surface area (Å²) in [7, 11) is 1.39. The number of carboxylic acid groups (broad SMARTS) is 1. The Kier molecular flexibility index (Phi) is 5.67. The molecular formula is C18H21FN2O3S. The second kappa shape index (κ2) is 7.95. The molecule has 7 heteroatoms. The van der Waals surface area contributed by atoms with E-state index in [0.29, 0.717) is 18.7 Å². The number of carboxylic acids is 1. The highest BCUT2D eigenvalue weighted by molar-refractivity contribution is 7.07. The van der Waals surface area contributed by atoms with Gasteiger partial charge in [0.2, 0.25) is 0 Å². The van der Waals surface area contributed by atoms with E-state index in [1.807, 2.05) is 4.90 Å². The van der Waals surface area contributed by atoms with E-state index in [4.69, 9.17) is 4.74 Å². The largest absolute Gasteiger partial charge is 0.494 e. The minimum Gasteiger partial charge on any atom is -0.494 e. The highest BCUT2D eigenvalue weighted by Crippen LogP contribution is 2.27. The summed E-state index contributed by atoms with van der Waals surface area (Å²) < 4.78 is 18.9. The van der Waals surface area contributed by atoms with E-state index in [1.165, 1.54) is 24.8 Å². The van der Waals surface area contributed by atoms with E-state index in [0.717, 1.165) is 19.6 Å². The lowest BCUT2D eigenvalue weighted by molar-refractivity contribution is -0.144. The van der Waals surface area contributed by atoms with Crippen molar-refractivity contribution in [3.05, 3.63) is 52.0 Å². The first-order chi connectivity index (χ1) is 12.1. The second-order valence-corrected chi connectivity index (χ2v) is 6.86. The summed E-state index contributed by atoms with van der Waals surface area (Å²) >= 11 is 1.68. The molecule has 0 amide bonds. The molecule has 2 heterocycles. The summed E-state index contributed by atoms with van der Waals surface area (Å²) in [5.74, 6) is -1.38. The fraction of sp³-hybridized carbons (Fsp3) is 0.389. The van der Waals surface area contributed by atoms with Crippen LogP contribution < -0.4 is 4.74 Å². The first-order valence-electron chi connectivity index (χ1n) is 8.12. The number of halogens is 1. The van der Waals surface area contributed by atoms with E-state index in [-0.39, 0.29) is 5.75 Å². The molecule has 0 spiro atoms. The van der Waals surface area contributed by atoms with Crippen LogP contribution in [0.1, 0.15) is 17.2 Å². The Morgan fingerprint density at radius 1 is 1.32 bits per heavy atom. The van der Waals surface area contributed by atoms with Crippen molar-refractivity contribution in [3.8, 4) is 5.75 Å². The van der Waals surface area contributed by atoms with Crippen molar-refractivity contribution >= 4 is 17.3 Å². The number of thiophene rings is 1. The fourth-order valence-corrected chi connectivity index (χ4v) is 3.84. The number of nitrogens with zero attached hydrogens (tertiary/aromatic N) is 2. The monoisotopic (exact) mass is 364 g/mol. The molecule has 25 heavy (non-hydrogen) atoms. The van der Waals surface area contributed by atoms with Crippen molar-refractivity contribution in [2.75, 3.05) is 33.3 Å². The van der Waals surface area contributed by atoms with Gasteiger partial charge < -0.3 is 9.84 Å². The van der Waals surface area contributed by atoms with Crippen molar-refractivity contribution < 1.29 is 19.0 Å². The molecule has 1 atom stereocenters. The number of methoxy groups -OCH3 is 1. The van der Waals surface area contributed by atoms with Crippen LogP contribution in [0, 0.1) is 5.82 Å². The highest BCUT2D eigenvalue weighted by Gasteiger charge is 2.31. The molecule has 1 aliphatic rings. The average Bonchev–Trinajstić information content (AvgIpc) is 3.09. The molecule has 0 aliphatic carbocycles. The fourth-order valence-electron chi connectivity index (χ4n) is 3.18. The zero-order valence-corrected chi connectivity index (χ0v) is 14.8. The zero-order valence-electron chi connectivity index (χ0n) is 14.0. The van der Waals surface area contributed by atoms with E-state index >= 15 is 0 Å². The molecule has 0 bridgehead atoms. The third kappa shape index (κ3) is 4.18. The molecule has 1 fully saturated rings. The summed E-state index contributed by atoms with van der Waals surface area (Å²) in [6.45, 7) is 3.73. The molecule has 0 radical (unpaired) electrons. The molecule has 3 rings (SSSR count). The molecule has 5 nitrogen and oxygen atoms in total. The van der Waals surface area contributed by atoms with Crippen LogP contribution in [0.25, 0.3) is 0 Å². The number of aliphatic carboxylic acids is 1. The Morgan fingerprint density at radius 3 is 2.64 bits per heavy atom. The summed E-state index contributed by atoms with van der Waals surface area (Å²) in [4.78, 5) is 16.0. The summed E-state index contributed by atoms with van der Waals surface area (Å²) in [5, 5.41) is 13.9. The Labute approximate surface area is 150 Å². The van der Waals surface area contributed by atoms with E-state index in [1.54, 1.807) is 17.4 Å². The maximum Gasteiger partial charge on any atom is 0.325 e. The van der Waals surface area contributed by atoms with Crippen molar-refractivity contribution in [2.45, 2.75) is 12.6 Å². The van der Waals surface area contributed by atoms with E-state index in [2.05, 4.69) is 21.7 Å². The van der Waals surface area contributed by atoms with Crippen LogP contribution in [0.3, 0.4) is 0 Å². The first kappa shape index (κ1) is 17.8. The third-order valence-corrected chi connectivity index (χ3v) is 5.22. The van der Waals surface area contributed by atoms with Crippen molar-refractivity contribution in [2.24, 2.45) is 0 Å². The molecule has 1 aromatic heterocycles. The third-order valence-electron chi connectivity index (χ3n) is 4.48. The topological polar surface area (TPSA) is 53.0 Å². The minimum atomic E-state index is -0.962. The molecule has 2 aromatic rings. The lowest BCUT2D eigenvalue weighted by Gasteiger charge is -2.37. The first-order valence-corrected chi connectivity index (χ1v) is 9.06. The van der Waals surface area contributed by atoms with E-state index in [9.17, 15) is 14.3 Å². The molecule has 1 N–H and O–H groups in total. The Morgan fingerprint density at radius 2 is 2.08 bits per heavy atom. The number of benzene rings is 1. The van der Waals surface area contributed by atoms with Crippen molar-refractivity contribution in [1.82, 2.24) is 9.80 Å². The van der Waals surface area contributed by atoms with Gasteiger partial charge in [-0.3, -0.25) is 14.6 Å². The van der Waals surface area contributed by atoms with E-state index < -0.39 is 17.8 Å². The van der Waals surface area contributed by atoms with Gasteiger partial charge in [0.1, 0.15) is 6.04 Å². The van der Waals surface area contributed by atoms with Gasteiger partial charge >= 0.3 is 5.97 Å². The molecule has 1 saturated heterocycles. The quantitative estimate of drug-likeness (QED) is 0.854. The predicted octanol–water partition coefficient (Wildman–Crippen LogP) is 2.84. The summed E-state index contributed by atoms with van der Waals surface area (Å²) in [6.07, 6.45) is 0. The van der Waals surface area contributed by atoms with Gasteiger partial charge in [-0.25, -0.2) is 4.39 Å². The van der Waals surface area contributed by atoms with Crippen LogP contribution in [0.4, 0.5) is 4.39 Å². The van der Waals surface area contributed by atoms with Crippen LogP contribution in [-0.4, -0.2) is 54.2 Å². The molecule has 1 aromatic carbocycles. The highest BCUT2D eigenvalue weighted by atomic mass is 32.1. The SMILES string of the molecule is COc1ccc([C@@H](C(=O)O)N2CCN(Cc3ccsc3)CC2)cc1F. The van der Waals surface area contributed by atoms with Gasteiger partial charge in [-0.1, -0.05) is 6.07 Å². The predicted molar refractivity (Wildman–Crippen MR) is 94.5 cm³/mol. The standard InChI is InChI=1S/C18H21FN2O3S/c1-24-16-3-2-14(10-15(16)19)17(18(22)23)21-7-5-20(6-8-21)11-13-4-9-25-12-13/h2-4,9-10,12,17H,5-8,11H2,1H3,(H,22,23)/t17-/m0/s1. The minimum absolute atomic E-state index is 0.119. The lowest BCUT2D eigenvalue weighted by atomic mass is 10.0. The number of ether oxygens (including phenoxy) is 1. The molecular weight excluding hydrogens is 343 g/mol. The van der Waals surface area contributed by atoms with Gasteiger partial charge in [-0.15, -0.1) is 0 Å². The Bertz CT molecular complexity index is 715. The van der Waals surface area contributed by atoms with Crippen LogP contribution in [0.2, 0.25) is 0 Å². The number of rotatable bonds is 6. The zero-order chi connectivity index (χ0) is 17.8. The second-order valence-electron chi connectivity index (χ2n) is 6.08. The van der Waals surface area contributed by atoms with Gasteiger partial charge in [0.25, 0.3) is 0 Å².